The molecule has 0 radical (unpaired) electrons. The molecule has 1 aromatic carbocycles. The van der Waals surface area contributed by atoms with E-state index < -0.39 is 5.69 Å². The maximum atomic E-state index is 12.1. The molecule has 0 saturated heterocycles. The van der Waals surface area contributed by atoms with Crippen molar-refractivity contribution in [3.05, 3.63) is 56.7 Å². The molecule has 1 N–H and O–H groups in total. The lowest BCUT2D eigenvalue weighted by Crippen LogP contribution is -2.33. The van der Waals surface area contributed by atoms with E-state index in [0.29, 0.717) is 17.2 Å². The van der Waals surface area contributed by atoms with E-state index in [1.807, 2.05) is 30.3 Å². The molecule has 0 bridgehead atoms. The van der Waals surface area contributed by atoms with Gasteiger partial charge in [-0.1, -0.05) is 43.3 Å². The molecule has 22 heavy (non-hydrogen) atoms. The van der Waals surface area contributed by atoms with Gasteiger partial charge in [-0.05, 0) is 25.5 Å². The van der Waals surface area contributed by atoms with Crippen molar-refractivity contribution < 1.29 is 4.74 Å². The summed E-state index contributed by atoms with van der Waals surface area (Å²) in [5.74, 6) is 0. The average Bonchev–Trinajstić information content (AvgIpc) is 2.52. The van der Waals surface area contributed by atoms with Gasteiger partial charge in [0, 0.05) is 17.1 Å². The maximum absolute atomic E-state index is 12.1. The van der Waals surface area contributed by atoms with Gasteiger partial charge in [0.15, 0.2) is 0 Å². The van der Waals surface area contributed by atoms with Crippen LogP contribution in [0.1, 0.15) is 25.3 Å². The monoisotopic (exact) mass is 320 g/mol. The summed E-state index contributed by atoms with van der Waals surface area (Å²) in [6.45, 7) is 4.53. The molecule has 1 heterocycles. The Morgan fingerprint density at radius 3 is 2.64 bits per heavy atom. The second-order valence-electron chi connectivity index (χ2n) is 4.92. The van der Waals surface area contributed by atoms with Crippen LogP contribution in [0.5, 0.6) is 0 Å². The molecule has 6 heteroatoms. The number of aromatic amines is 1. The topological polar surface area (TPSA) is 64.1 Å². The van der Waals surface area contributed by atoms with Crippen LogP contribution in [0.2, 0.25) is 0 Å². The van der Waals surface area contributed by atoms with Gasteiger partial charge in [0.25, 0.3) is 5.56 Å². The highest BCUT2D eigenvalue weighted by Gasteiger charge is 2.13. The van der Waals surface area contributed by atoms with E-state index in [2.05, 4.69) is 11.9 Å². The molecule has 2 aromatic rings. The minimum Gasteiger partial charge on any atom is -0.361 e. The number of H-pyrrole nitrogens is 1. The molecule has 118 valence electrons. The Hall–Kier alpha value is -1.79. The highest BCUT2D eigenvalue weighted by atomic mass is 32.2. The predicted octanol–water partition coefficient (Wildman–Crippen LogP) is 2.77. The van der Waals surface area contributed by atoms with E-state index in [0.717, 1.165) is 17.7 Å². The van der Waals surface area contributed by atoms with E-state index in [9.17, 15) is 9.59 Å². The van der Waals surface area contributed by atoms with Crippen LogP contribution in [0.15, 0.2) is 49.8 Å². The van der Waals surface area contributed by atoms with Crippen LogP contribution in [0, 0.1) is 6.92 Å². The average molecular weight is 320 g/mol. The number of aromatic nitrogens is 2. The second kappa shape index (κ2) is 8.00. The molecule has 0 saturated carbocycles. The first-order chi connectivity index (χ1) is 10.6. The Labute approximate surface area is 133 Å². The Balaban J connectivity index is 2.32. The van der Waals surface area contributed by atoms with Gasteiger partial charge >= 0.3 is 5.69 Å². The molecule has 0 spiro atoms. The Kier molecular flexibility index (Phi) is 6.03. The van der Waals surface area contributed by atoms with E-state index in [-0.39, 0.29) is 12.3 Å². The zero-order valence-electron chi connectivity index (χ0n) is 12.8. The molecule has 0 unspecified atom stereocenters. The van der Waals surface area contributed by atoms with Crippen LogP contribution in [-0.4, -0.2) is 16.2 Å². The summed E-state index contributed by atoms with van der Waals surface area (Å²) in [6.07, 6.45) is 1.98. The lowest BCUT2D eigenvalue weighted by molar-refractivity contribution is 0.0658. The number of nitrogens with zero attached hydrogens (tertiary/aromatic N) is 1. The quantitative estimate of drug-likeness (QED) is 0.629. The summed E-state index contributed by atoms with van der Waals surface area (Å²) in [6, 6.07) is 9.65. The number of rotatable bonds is 7. The molecule has 0 amide bonds. The van der Waals surface area contributed by atoms with Gasteiger partial charge in [-0.3, -0.25) is 14.3 Å². The molecule has 0 aliphatic rings. The van der Waals surface area contributed by atoms with Crippen molar-refractivity contribution in [2.45, 2.75) is 43.3 Å². The van der Waals surface area contributed by atoms with E-state index in [1.54, 1.807) is 6.92 Å². The molecule has 0 atom stereocenters. The van der Waals surface area contributed by atoms with Crippen LogP contribution in [-0.2, 0) is 11.5 Å². The maximum Gasteiger partial charge on any atom is 0.331 e. The molecule has 0 fully saturated rings. The second-order valence-corrected chi connectivity index (χ2v) is 5.99. The molecule has 5 nitrogen and oxygen atoms in total. The van der Waals surface area contributed by atoms with Crippen LogP contribution in [0.4, 0.5) is 0 Å². The number of benzene rings is 1. The zero-order valence-corrected chi connectivity index (χ0v) is 13.6. The Bertz CT molecular complexity index is 722. The molecular weight excluding hydrogens is 300 g/mol. The first-order valence-corrected chi connectivity index (χ1v) is 8.09. The van der Waals surface area contributed by atoms with Gasteiger partial charge in [0.2, 0.25) is 0 Å². The number of hydrogen-bond acceptors (Lipinski definition) is 4. The summed E-state index contributed by atoms with van der Waals surface area (Å²) in [7, 11) is 0. The van der Waals surface area contributed by atoms with Crippen LogP contribution in [0.25, 0.3) is 0 Å². The first kappa shape index (κ1) is 16.6. The van der Waals surface area contributed by atoms with E-state index in [1.165, 1.54) is 16.3 Å². The van der Waals surface area contributed by atoms with Crippen molar-refractivity contribution in [2.24, 2.45) is 0 Å². The predicted molar refractivity (Wildman–Crippen MR) is 87.5 cm³/mol. The minimum absolute atomic E-state index is 0.144. The number of unbranched alkanes of at least 4 members (excludes halogenated alkanes) is 1. The van der Waals surface area contributed by atoms with Crippen LogP contribution < -0.4 is 11.2 Å². The Morgan fingerprint density at radius 2 is 1.95 bits per heavy atom. The fraction of sp³-hybridized carbons (Fsp3) is 0.375. The summed E-state index contributed by atoms with van der Waals surface area (Å²) in [4.78, 5) is 27.2. The first-order valence-electron chi connectivity index (χ1n) is 7.28. The molecular formula is C16H20N2O3S. The molecule has 2 rings (SSSR count). The molecule has 1 aromatic heterocycles. The van der Waals surface area contributed by atoms with E-state index >= 15 is 0 Å². The normalized spacial score (nSPS) is 10.8. The largest absolute Gasteiger partial charge is 0.361 e. The fourth-order valence-electron chi connectivity index (χ4n) is 1.90. The van der Waals surface area contributed by atoms with Crippen molar-refractivity contribution >= 4 is 11.8 Å². The van der Waals surface area contributed by atoms with Crippen molar-refractivity contribution in [3.63, 3.8) is 0 Å². The minimum atomic E-state index is -0.439. The number of hydrogen-bond donors (Lipinski definition) is 1. The number of nitrogens with one attached hydrogen (secondary N) is 1. The zero-order chi connectivity index (χ0) is 15.9. The third-order valence-corrected chi connectivity index (χ3v) is 4.42. The Morgan fingerprint density at radius 1 is 1.23 bits per heavy atom. The van der Waals surface area contributed by atoms with E-state index in [4.69, 9.17) is 4.74 Å². The highest BCUT2D eigenvalue weighted by Crippen LogP contribution is 2.27. The smallest absolute Gasteiger partial charge is 0.331 e. The highest BCUT2D eigenvalue weighted by molar-refractivity contribution is 7.99. The summed E-state index contributed by atoms with van der Waals surface area (Å²) in [5, 5.41) is 0.622. The lowest BCUT2D eigenvalue weighted by Gasteiger charge is -2.14. The molecule has 0 aliphatic carbocycles. The van der Waals surface area contributed by atoms with Crippen molar-refractivity contribution in [2.75, 3.05) is 6.61 Å². The van der Waals surface area contributed by atoms with Gasteiger partial charge in [-0.2, -0.15) is 0 Å². The fourth-order valence-corrected chi connectivity index (χ4v) is 2.91. The lowest BCUT2D eigenvalue weighted by atomic mass is 10.4. The third-order valence-electron chi connectivity index (χ3n) is 3.19. The van der Waals surface area contributed by atoms with Crippen LogP contribution >= 0.6 is 11.8 Å². The molecule has 0 aliphatic heterocycles. The van der Waals surface area contributed by atoms with Gasteiger partial charge in [0.05, 0.1) is 5.03 Å². The summed E-state index contributed by atoms with van der Waals surface area (Å²) >= 11 is 1.40. The van der Waals surface area contributed by atoms with Crippen molar-refractivity contribution in [1.82, 2.24) is 9.55 Å². The van der Waals surface area contributed by atoms with Gasteiger partial charge < -0.3 is 4.74 Å². The standard InChI is InChI=1S/C16H20N2O3S/c1-3-4-10-21-11-18-15(12(2)14(19)17-16(18)20)22-13-8-6-5-7-9-13/h5-9H,3-4,10-11H2,1-2H3,(H,17,19,20). The summed E-state index contributed by atoms with van der Waals surface area (Å²) in [5.41, 5.74) is -0.272. The SMILES string of the molecule is CCCCOCn1c(Sc2ccccc2)c(C)c(=O)[nH]c1=O. The summed E-state index contributed by atoms with van der Waals surface area (Å²) < 4.78 is 7.02. The van der Waals surface area contributed by atoms with Crippen molar-refractivity contribution in [1.29, 1.82) is 0 Å². The third kappa shape index (κ3) is 4.11. The number of ether oxygens (including phenoxy) is 1. The van der Waals surface area contributed by atoms with Crippen LogP contribution in [0.3, 0.4) is 0 Å². The van der Waals surface area contributed by atoms with Crippen molar-refractivity contribution in [3.8, 4) is 0 Å². The van der Waals surface area contributed by atoms with Gasteiger partial charge in [-0.25, -0.2) is 4.79 Å². The van der Waals surface area contributed by atoms with Gasteiger partial charge in [0.1, 0.15) is 6.73 Å². The van der Waals surface area contributed by atoms with Gasteiger partial charge in [-0.15, -0.1) is 0 Å².